The molecule has 2 aliphatic rings. The quantitative estimate of drug-likeness (QED) is 0.486. The van der Waals surface area contributed by atoms with Gasteiger partial charge in [0.25, 0.3) is 0 Å². The van der Waals surface area contributed by atoms with Gasteiger partial charge in [0.2, 0.25) is 0 Å². The second kappa shape index (κ2) is 11.3. The highest BCUT2D eigenvalue weighted by Crippen LogP contribution is 2.31. The highest BCUT2D eigenvalue weighted by Gasteiger charge is 2.26. The summed E-state index contributed by atoms with van der Waals surface area (Å²) in [7, 11) is 3.57. The fraction of sp³-hybridized carbons (Fsp3) is 0.625. The topological polar surface area (TPSA) is 79.6 Å². The lowest BCUT2D eigenvalue weighted by molar-refractivity contribution is 0.239. The monoisotopic (exact) mass is 439 g/mol. The molecule has 1 saturated heterocycles. The molecule has 4 rings (SSSR count). The first-order valence-corrected chi connectivity index (χ1v) is 12.0. The Bertz CT molecular complexity index is 888. The van der Waals surface area contributed by atoms with Crippen LogP contribution in [0.5, 0.6) is 5.75 Å². The third-order valence-electron chi connectivity index (χ3n) is 6.59. The Morgan fingerprint density at radius 1 is 1.06 bits per heavy atom. The number of ether oxygens (including phenoxy) is 1. The van der Waals surface area contributed by atoms with Crippen LogP contribution in [0.25, 0.3) is 0 Å². The lowest BCUT2D eigenvalue weighted by Crippen LogP contribution is -2.43. The number of likely N-dealkylation sites (tertiary alicyclic amines) is 1. The Hall–Kier alpha value is -2.61. The number of nitrogens with zero attached hydrogens (tertiary/aromatic N) is 5. The van der Waals surface area contributed by atoms with Crippen molar-refractivity contribution in [3.63, 3.8) is 0 Å². The summed E-state index contributed by atoms with van der Waals surface area (Å²) in [6.45, 7) is 4.84. The van der Waals surface area contributed by atoms with Crippen LogP contribution in [0, 0.1) is 0 Å². The second-order valence-corrected chi connectivity index (χ2v) is 8.63. The maximum Gasteiger partial charge on any atom is 0.191 e. The molecule has 32 heavy (non-hydrogen) atoms. The first-order valence-electron chi connectivity index (χ1n) is 12.0. The molecule has 0 bridgehead atoms. The van der Waals surface area contributed by atoms with E-state index in [1.807, 2.05) is 19.2 Å². The highest BCUT2D eigenvalue weighted by molar-refractivity contribution is 5.79. The summed E-state index contributed by atoms with van der Waals surface area (Å²) in [5.41, 5.74) is 1.23. The Morgan fingerprint density at radius 2 is 1.88 bits per heavy atom. The number of aromatic nitrogens is 3. The van der Waals surface area contributed by atoms with Gasteiger partial charge in [-0.3, -0.25) is 9.89 Å². The summed E-state index contributed by atoms with van der Waals surface area (Å²) in [4.78, 5) is 6.99. The van der Waals surface area contributed by atoms with Crippen LogP contribution in [0.4, 0.5) is 0 Å². The van der Waals surface area contributed by atoms with Crippen molar-refractivity contribution in [2.45, 2.75) is 57.5 Å². The van der Waals surface area contributed by atoms with E-state index in [2.05, 4.69) is 47.4 Å². The van der Waals surface area contributed by atoms with Gasteiger partial charge in [-0.25, -0.2) is 0 Å². The molecule has 1 unspecified atom stereocenters. The molecule has 1 aromatic heterocycles. The Morgan fingerprint density at radius 3 is 2.69 bits per heavy atom. The number of benzene rings is 1. The summed E-state index contributed by atoms with van der Waals surface area (Å²) < 4.78 is 7.98. The van der Waals surface area contributed by atoms with Gasteiger partial charge in [-0.15, -0.1) is 10.2 Å². The van der Waals surface area contributed by atoms with Crippen molar-refractivity contribution in [3.05, 3.63) is 41.5 Å². The number of nitrogens with one attached hydrogen (secondary N) is 2. The molecule has 0 amide bonds. The summed E-state index contributed by atoms with van der Waals surface area (Å²) in [5.74, 6) is 3.99. The number of guanidine groups is 1. The average Bonchev–Trinajstić information content (AvgIpc) is 3.43. The van der Waals surface area contributed by atoms with Gasteiger partial charge in [0, 0.05) is 45.1 Å². The van der Waals surface area contributed by atoms with Crippen LogP contribution in [-0.2, 0) is 19.4 Å². The molecule has 2 aromatic rings. The summed E-state index contributed by atoms with van der Waals surface area (Å²) in [6, 6.07) is 8.60. The molecule has 174 valence electrons. The van der Waals surface area contributed by atoms with E-state index in [4.69, 9.17) is 4.74 Å². The maximum absolute atomic E-state index is 5.66. The Labute approximate surface area is 191 Å². The minimum atomic E-state index is 0.250. The van der Waals surface area contributed by atoms with E-state index in [9.17, 15) is 0 Å². The van der Waals surface area contributed by atoms with Crippen molar-refractivity contribution in [1.82, 2.24) is 30.3 Å². The van der Waals surface area contributed by atoms with Gasteiger partial charge < -0.3 is 19.9 Å². The first kappa shape index (κ1) is 22.6. The van der Waals surface area contributed by atoms with Gasteiger partial charge in [-0.05, 0) is 44.8 Å². The molecule has 8 heteroatoms. The number of aryl methyl sites for hydroxylation is 1. The molecule has 3 heterocycles. The molecular weight excluding hydrogens is 402 g/mol. The van der Waals surface area contributed by atoms with E-state index in [0.717, 1.165) is 68.9 Å². The molecule has 0 spiro atoms. The number of rotatable bonds is 8. The number of hydrogen-bond donors (Lipinski definition) is 2. The lowest BCUT2D eigenvalue weighted by atomic mass is 10.0. The normalized spacial score (nSPS) is 18.1. The van der Waals surface area contributed by atoms with E-state index in [1.165, 1.54) is 37.7 Å². The number of aliphatic imine (C=N–C) groups is 1. The summed E-state index contributed by atoms with van der Waals surface area (Å²) in [5, 5.41) is 15.9. The summed E-state index contributed by atoms with van der Waals surface area (Å²) in [6.07, 6.45) is 8.11. The fourth-order valence-electron chi connectivity index (χ4n) is 4.87. The predicted molar refractivity (Wildman–Crippen MR) is 127 cm³/mol. The van der Waals surface area contributed by atoms with Gasteiger partial charge in [0.15, 0.2) is 5.96 Å². The SMILES string of the molecule is CN=C(NCCc1nnc2n1CCCCC2)NCC(c1ccccc1OC)N1CCCC1. The number of para-hydroxylation sites is 1. The van der Waals surface area contributed by atoms with Crippen molar-refractivity contribution >= 4 is 5.96 Å². The van der Waals surface area contributed by atoms with Crippen LogP contribution in [-0.4, -0.2) is 66.0 Å². The van der Waals surface area contributed by atoms with Crippen molar-refractivity contribution < 1.29 is 4.74 Å². The average molecular weight is 440 g/mol. The first-order chi connectivity index (χ1) is 15.8. The number of hydrogen-bond acceptors (Lipinski definition) is 5. The summed E-state index contributed by atoms with van der Waals surface area (Å²) >= 11 is 0. The maximum atomic E-state index is 5.66. The van der Waals surface area contributed by atoms with Crippen LogP contribution in [0.2, 0.25) is 0 Å². The highest BCUT2D eigenvalue weighted by atomic mass is 16.5. The molecule has 8 nitrogen and oxygen atoms in total. The van der Waals surface area contributed by atoms with Crippen LogP contribution in [0.15, 0.2) is 29.3 Å². The Kier molecular flexibility index (Phi) is 7.98. The minimum absolute atomic E-state index is 0.250. The van der Waals surface area contributed by atoms with E-state index >= 15 is 0 Å². The third-order valence-corrected chi connectivity index (χ3v) is 6.59. The van der Waals surface area contributed by atoms with Crippen LogP contribution < -0.4 is 15.4 Å². The standard InChI is InChI=1S/C24H37N7O/c1-25-24(26-14-13-23-29-28-22-12-4-3-7-17-31(22)23)27-18-20(30-15-8-9-16-30)19-10-5-6-11-21(19)32-2/h5-6,10-11,20H,3-4,7-9,12-18H2,1-2H3,(H2,25,26,27). The van der Waals surface area contributed by atoms with Crippen molar-refractivity contribution in [3.8, 4) is 5.75 Å². The molecule has 1 fully saturated rings. The fourth-order valence-corrected chi connectivity index (χ4v) is 4.87. The van der Waals surface area contributed by atoms with Crippen LogP contribution in [0.3, 0.4) is 0 Å². The smallest absolute Gasteiger partial charge is 0.191 e. The number of fused-ring (bicyclic) bond motifs is 1. The van der Waals surface area contributed by atoms with Gasteiger partial charge in [0.1, 0.15) is 17.4 Å². The molecule has 0 saturated carbocycles. The molecule has 0 aliphatic carbocycles. The van der Waals surface area contributed by atoms with E-state index in [0.29, 0.717) is 0 Å². The van der Waals surface area contributed by atoms with Gasteiger partial charge in [0.05, 0.1) is 13.2 Å². The predicted octanol–water partition coefficient (Wildman–Crippen LogP) is 2.56. The largest absolute Gasteiger partial charge is 0.496 e. The van der Waals surface area contributed by atoms with Crippen LogP contribution >= 0.6 is 0 Å². The Balaban J connectivity index is 1.35. The molecule has 0 radical (unpaired) electrons. The lowest BCUT2D eigenvalue weighted by Gasteiger charge is -2.30. The van der Waals surface area contributed by atoms with E-state index in [1.54, 1.807) is 7.11 Å². The second-order valence-electron chi connectivity index (χ2n) is 8.63. The third kappa shape index (κ3) is 5.41. The number of methoxy groups -OCH3 is 1. The molecule has 2 N–H and O–H groups in total. The van der Waals surface area contributed by atoms with Crippen molar-refractivity contribution in [1.29, 1.82) is 0 Å². The molecular formula is C24H37N7O. The van der Waals surface area contributed by atoms with Gasteiger partial charge in [-0.2, -0.15) is 0 Å². The molecule has 2 aliphatic heterocycles. The van der Waals surface area contributed by atoms with Crippen molar-refractivity contribution in [2.75, 3.05) is 40.3 Å². The van der Waals surface area contributed by atoms with Crippen LogP contribution in [0.1, 0.15) is 55.4 Å². The molecule has 1 atom stereocenters. The van der Waals surface area contributed by atoms with E-state index < -0.39 is 0 Å². The zero-order chi connectivity index (χ0) is 22.2. The van der Waals surface area contributed by atoms with Gasteiger partial charge >= 0.3 is 0 Å². The zero-order valence-electron chi connectivity index (χ0n) is 19.5. The molecule has 1 aromatic carbocycles. The minimum Gasteiger partial charge on any atom is -0.496 e. The van der Waals surface area contributed by atoms with Crippen molar-refractivity contribution in [2.24, 2.45) is 4.99 Å². The van der Waals surface area contributed by atoms with Gasteiger partial charge in [-0.1, -0.05) is 24.6 Å². The van der Waals surface area contributed by atoms with E-state index in [-0.39, 0.29) is 6.04 Å². The zero-order valence-corrected chi connectivity index (χ0v) is 19.5.